The predicted molar refractivity (Wildman–Crippen MR) is 57.6 cm³/mol. The van der Waals surface area contributed by atoms with Crippen molar-refractivity contribution in [2.75, 3.05) is 6.54 Å². The zero-order chi connectivity index (χ0) is 11.1. The summed E-state index contributed by atoms with van der Waals surface area (Å²) >= 11 is 1.54. The number of nitrogens with one attached hydrogen (secondary N) is 1. The van der Waals surface area contributed by atoms with Crippen LogP contribution in [0.3, 0.4) is 0 Å². The summed E-state index contributed by atoms with van der Waals surface area (Å²) in [6, 6.07) is 3.91. The van der Waals surface area contributed by atoms with Crippen LogP contribution in [0.4, 0.5) is 0 Å². The maximum atomic E-state index is 10.2. The van der Waals surface area contributed by atoms with Gasteiger partial charge in [0.05, 0.1) is 5.56 Å². The van der Waals surface area contributed by atoms with Crippen LogP contribution < -0.4 is 5.32 Å². The van der Waals surface area contributed by atoms with E-state index in [4.69, 9.17) is 10.4 Å². The number of carbonyl (C=O) groups is 1. The average Bonchev–Trinajstić information content (AvgIpc) is 2.65. The molecule has 0 saturated heterocycles. The fourth-order valence-electron chi connectivity index (χ4n) is 1.11. The largest absolute Gasteiger partial charge is 0.481 e. The molecule has 0 amide bonds. The number of hydrogen-bond acceptors (Lipinski definition) is 4. The number of carboxylic acid groups (broad SMARTS) is 1. The summed E-state index contributed by atoms with van der Waals surface area (Å²) in [5, 5.41) is 21.9. The Bertz CT molecular complexity index is 368. The van der Waals surface area contributed by atoms with Crippen molar-refractivity contribution in [3.8, 4) is 6.07 Å². The lowest BCUT2D eigenvalue weighted by atomic mass is 10.3. The van der Waals surface area contributed by atoms with Crippen molar-refractivity contribution in [3.05, 3.63) is 21.9 Å². The van der Waals surface area contributed by atoms with Gasteiger partial charge in [-0.15, -0.1) is 11.3 Å². The van der Waals surface area contributed by atoms with Gasteiger partial charge in [0, 0.05) is 23.2 Å². The lowest BCUT2D eigenvalue weighted by Crippen LogP contribution is -2.14. The van der Waals surface area contributed by atoms with Crippen molar-refractivity contribution in [2.24, 2.45) is 0 Å². The Labute approximate surface area is 92.2 Å². The van der Waals surface area contributed by atoms with E-state index in [2.05, 4.69) is 11.4 Å². The van der Waals surface area contributed by atoms with E-state index in [0.717, 1.165) is 4.88 Å². The number of aliphatic carboxylic acids is 1. The zero-order valence-corrected chi connectivity index (χ0v) is 9.01. The van der Waals surface area contributed by atoms with E-state index in [1.165, 1.54) is 11.3 Å². The van der Waals surface area contributed by atoms with Gasteiger partial charge in [-0.1, -0.05) is 0 Å². The van der Waals surface area contributed by atoms with Gasteiger partial charge in [0.1, 0.15) is 6.07 Å². The maximum Gasteiger partial charge on any atom is 0.303 e. The third-order valence-electron chi connectivity index (χ3n) is 1.83. The van der Waals surface area contributed by atoms with Crippen LogP contribution >= 0.6 is 11.3 Å². The lowest BCUT2D eigenvalue weighted by Gasteiger charge is -2.00. The summed E-state index contributed by atoms with van der Waals surface area (Å²) < 4.78 is 0. The molecule has 4 nitrogen and oxygen atoms in total. The molecule has 0 unspecified atom stereocenters. The summed E-state index contributed by atoms with van der Waals surface area (Å²) in [6.07, 6.45) is 0.826. The smallest absolute Gasteiger partial charge is 0.303 e. The summed E-state index contributed by atoms with van der Waals surface area (Å²) in [5.41, 5.74) is 0.683. The Morgan fingerprint density at radius 2 is 2.47 bits per heavy atom. The normalized spacial score (nSPS) is 9.80. The molecule has 0 atom stereocenters. The molecule has 0 aliphatic rings. The van der Waals surface area contributed by atoms with E-state index < -0.39 is 5.97 Å². The Morgan fingerprint density at radius 3 is 3.07 bits per heavy atom. The molecule has 15 heavy (non-hydrogen) atoms. The van der Waals surface area contributed by atoms with Gasteiger partial charge >= 0.3 is 5.97 Å². The molecule has 2 N–H and O–H groups in total. The van der Waals surface area contributed by atoms with Gasteiger partial charge in [0.25, 0.3) is 0 Å². The first-order valence-corrected chi connectivity index (χ1v) is 5.50. The molecule has 0 aliphatic carbocycles. The Balaban J connectivity index is 2.15. The maximum absolute atomic E-state index is 10.2. The second-order valence-corrected chi connectivity index (χ2v) is 4.08. The van der Waals surface area contributed by atoms with E-state index in [1.54, 1.807) is 0 Å². The minimum Gasteiger partial charge on any atom is -0.481 e. The molecule has 0 bridgehead atoms. The highest BCUT2D eigenvalue weighted by molar-refractivity contribution is 7.10. The van der Waals surface area contributed by atoms with Crippen LogP contribution in [0, 0.1) is 11.3 Å². The molecule has 80 valence electrons. The van der Waals surface area contributed by atoms with E-state index in [0.29, 0.717) is 25.1 Å². The molecule has 0 saturated carbocycles. The quantitative estimate of drug-likeness (QED) is 0.719. The van der Waals surface area contributed by atoms with Crippen molar-refractivity contribution in [3.63, 3.8) is 0 Å². The topological polar surface area (TPSA) is 73.1 Å². The molecule has 0 aliphatic heterocycles. The molecule has 1 aromatic rings. The molecule has 0 radical (unpaired) electrons. The van der Waals surface area contributed by atoms with Crippen LogP contribution in [0.1, 0.15) is 23.3 Å². The minimum atomic E-state index is -0.764. The second-order valence-electron chi connectivity index (χ2n) is 3.09. The van der Waals surface area contributed by atoms with Crippen LogP contribution in [0.25, 0.3) is 0 Å². The van der Waals surface area contributed by atoms with Crippen molar-refractivity contribution < 1.29 is 9.90 Å². The van der Waals surface area contributed by atoms with Crippen LogP contribution in [0.2, 0.25) is 0 Å². The molecule has 0 spiro atoms. The summed E-state index contributed by atoms with van der Waals surface area (Å²) in [6.45, 7) is 1.39. The van der Waals surface area contributed by atoms with Crippen molar-refractivity contribution in [2.45, 2.75) is 19.4 Å². The minimum absolute atomic E-state index is 0.195. The van der Waals surface area contributed by atoms with E-state index >= 15 is 0 Å². The van der Waals surface area contributed by atoms with E-state index in [-0.39, 0.29) is 6.42 Å². The van der Waals surface area contributed by atoms with E-state index in [1.807, 2.05) is 11.4 Å². The summed E-state index contributed by atoms with van der Waals surface area (Å²) in [5.74, 6) is -0.764. The first kappa shape index (κ1) is 11.7. The molecular formula is C10H12N2O2S. The standard InChI is InChI=1S/C10H12N2O2S/c11-5-8-4-9(15-7-8)6-12-3-1-2-10(13)14/h4,7,12H,1-3,6H2,(H,13,14). The van der Waals surface area contributed by atoms with Crippen LogP contribution in [-0.2, 0) is 11.3 Å². The fourth-order valence-corrected chi connectivity index (χ4v) is 1.89. The molecule has 1 aromatic heterocycles. The monoisotopic (exact) mass is 224 g/mol. The van der Waals surface area contributed by atoms with Gasteiger partial charge in [-0.3, -0.25) is 4.79 Å². The number of thiophene rings is 1. The van der Waals surface area contributed by atoms with Crippen molar-refractivity contribution in [1.82, 2.24) is 5.32 Å². The van der Waals surface area contributed by atoms with Crippen LogP contribution in [0.5, 0.6) is 0 Å². The third kappa shape index (κ3) is 4.58. The Morgan fingerprint density at radius 1 is 1.67 bits per heavy atom. The molecule has 0 aromatic carbocycles. The molecule has 5 heteroatoms. The number of carboxylic acids is 1. The van der Waals surface area contributed by atoms with Crippen molar-refractivity contribution >= 4 is 17.3 Å². The van der Waals surface area contributed by atoms with Gasteiger partial charge < -0.3 is 10.4 Å². The summed E-state index contributed by atoms with van der Waals surface area (Å²) in [4.78, 5) is 11.3. The zero-order valence-electron chi connectivity index (χ0n) is 8.19. The summed E-state index contributed by atoms with van der Waals surface area (Å²) in [7, 11) is 0. The van der Waals surface area contributed by atoms with Gasteiger partial charge in [-0.05, 0) is 19.0 Å². The van der Waals surface area contributed by atoms with Gasteiger partial charge in [0.15, 0.2) is 0 Å². The molecule has 1 rings (SSSR count). The lowest BCUT2D eigenvalue weighted by molar-refractivity contribution is -0.137. The third-order valence-corrected chi connectivity index (χ3v) is 2.76. The average molecular weight is 224 g/mol. The highest BCUT2D eigenvalue weighted by atomic mass is 32.1. The SMILES string of the molecule is N#Cc1csc(CNCCCC(=O)O)c1. The van der Waals surface area contributed by atoms with Crippen molar-refractivity contribution in [1.29, 1.82) is 5.26 Å². The number of rotatable bonds is 6. The number of hydrogen-bond donors (Lipinski definition) is 2. The highest BCUT2D eigenvalue weighted by Crippen LogP contribution is 2.13. The molecule has 1 heterocycles. The van der Waals surface area contributed by atoms with Crippen LogP contribution in [-0.4, -0.2) is 17.6 Å². The number of nitriles is 1. The second kappa shape index (κ2) is 6.17. The highest BCUT2D eigenvalue weighted by Gasteiger charge is 1.99. The van der Waals surface area contributed by atoms with Gasteiger partial charge in [-0.2, -0.15) is 5.26 Å². The molecular weight excluding hydrogens is 212 g/mol. The first-order valence-electron chi connectivity index (χ1n) is 4.62. The Kier molecular flexibility index (Phi) is 4.81. The van der Waals surface area contributed by atoms with E-state index in [9.17, 15) is 4.79 Å². The Hall–Kier alpha value is -1.38. The van der Waals surface area contributed by atoms with Gasteiger partial charge in [-0.25, -0.2) is 0 Å². The van der Waals surface area contributed by atoms with Crippen LogP contribution in [0.15, 0.2) is 11.4 Å². The first-order chi connectivity index (χ1) is 7.22. The van der Waals surface area contributed by atoms with Gasteiger partial charge in [0.2, 0.25) is 0 Å². The number of nitrogens with zero attached hydrogens (tertiary/aromatic N) is 1. The predicted octanol–water partition coefficient (Wildman–Crippen LogP) is 1.57. The molecule has 0 fully saturated rings. The fraction of sp³-hybridized carbons (Fsp3) is 0.400.